The summed E-state index contributed by atoms with van der Waals surface area (Å²) in [5, 5.41) is 0.418. The molecule has 0 saturated carbocycles. The van der Waals surface area contributed by atoms with Crippen molar-refractivity contribution in [2.75, 3.05) is 26.7 Å². The number of piperidine rings is 1. The third-order valence-electron chi connectivity index (χ3n) is 3.85. The van der Waals surface area contributed by atoms with Crippen molar-refractivity contribution in [3.05, 3.63) is 29.0 Å². The van der Waals surface area contributed by atoms with E-state index in [4.69, 9.17) is 17.3 Å². The highest BCUT2D eigenvalue weighted by Crippen LogP contribution is 2.20. The molecule has 2 amide bonds. The van der Waals surface area contributed by atoms with E-state index in [2.05, 4.69) is 4.98 Å². The summed E-state index contributed by atoms with van der Waals surface area (Å²) in [7, 11) is 1.76. The fourth-order valence-corrected chi connectivity index (χ4v) is 2.98. The highest BCUT2D eigenvalue weighted by atomic mass is 35.5. The summed E-state index contributed by atoms with van der Waals surface area (Å²) < 4.78 is 0. The number of amides is 2. The van der Waals surface area contributed by atoms with Crippen molar-refractivity contribution in [1.29, 1.82) is 0 Å². The number of carbonyl (C=O) groups is 2. The van der Waals surface area contributed by atoms with Crippen LogP contribution in [0.5, 0.6) is 0 Å². The van der Waals surface area contributed by atoms with E-state index in [1.807, 2.05) is 11.0 Å². The van der Waals surface area contributed by atoms with Crippen LogP contribution < -0.4 is 5.73 Å². The van der Waals surface area contributed by atoms with Crippen molar-refractivity contribution in [1.82, 2.24) is 14.8 Å². The van der Waals surface area contributed by atoms with Gasteiger partial charge in [-0.15, -0.1) is 0 Å². The number of hydrogen-bond donors (Lipinski definition) is 1. The number of nitrogens with two attached hydrogens (primary N) is 1. The molecule has 1 aliphatic rings. The molecule has 1 unspecified atom stereocenters. The lowest BCUT2D eigenvalue weighted by atomic mass is 9.96. The Kier molecular flexibility index (Phi) is 5.74. The third kappa shape index (κ3) is 4.42. The second-order valence-corrected chi connectivity index (χ2v) is 6.05. The molecule has 6 nitrogen and oxygen atoms in total. The van der Waals surface area contributed by atoms with Crippen molar-refractivity contribution in [3.8, 4) is 0 Å². The smallest absolute Gasteiger partial charge is 0.231 e. The van der Waals surface area contributed by atoms with Crippen LogP contribution >= 0.6 is 11.6 Å². The fraction of sp³-hybridized carbons (Fsp3) is 0.533. The van der Waals surface area contributed by atoms with Crippen LogP contribution in [0.2, 0.25) is 5.15 Å². The Morgan fingerprint density at radius 3 is 3.00 bits per heavy atom. The quantitative estimate of drug-likeness (QED) is 0.816. The molecule has 7 heteroatoms. The molecule has 2 rings (SSSR count). The van der Waals surface area contributed by atoms with Crippen molar-refractivity contribution >= 4 is 23.4 Å². The summed E-state index contributed by atoms with van der Waals surface area (Å²) in [5.41, 5.74) is 6.05. The maximum Gasteiger partial charge on any atom is 0.231 e. The van der Waals surface area contributed by atoms with Gasteiger partial charge >= 0.3 is 0 Å². The Bertz CT molecular complexity index is 552. The molecule has 2 heterocycles. The average Bonchev–Trinajstić information content (AvgIpc) is 2.48. The molecule has 22 heavy (non-hydrogen) atoms. The maximum absolute atomic E-state index is 12.6. The van der Waals surface area contributed by atoms with E-state index in [0.717, 1.165) is 24.9 Å². The molecule has 0 spiro atoms. The van der Waals surface area contributed by atoms with E-state index in [9.17, 15) is 9.59 Å². The fourth-order valence-electron chi connectivity index (χ4n) is 2.80. The van der Waals surface area contributed by atoms with Crippen LogP contribution in [0.3, 0.4) is 0 Å². The number of likely N-dealkylation sites (tertiary alicyclic amines) is 1. The minimum Gasteiger partial charge on any atom is -0.369 e. The van der Waals surface area contributed by atoms with E-state index in [-0.39, 0.29) is 24.3 Å². The summed E-state index contributed by atoms with van der Waals surface area (Å²) in [5.74, 6) is -0.397. The first-order valence-electron chi connectivity index (χ1n) is 7.32. The highest BCUT2D eigenvalue weighted by Gasteiger charge is 2.28. The van der Waals surface area contributed by atoms with E-state index < -0.39 is 0 Å². The predicted molar refractivity (Wildman–Crippen MR) is 84.1 cm³/mol. The summed E-state index contributed by atoms with van der Waals surface area (Å²) in [4.78, 5) is 31.2. The largest absolute Gasteiger partial charge is 0.369 e. The summed E-state index contributed by atoms with van der Waals surface area (Å²) in [6, 6.07) is 3.66. The number of hydrogen-bond acceptors (Lipinski definition) is 4. The Hall–Kier alpha value is -1.66. The van der Waals surface area contributed by atoms with Crippen LogP contribution in [0.25, 0.3) is 0 Å². The van der Waals surface area contributed by atoms with Crippen LogP contribution in [0.4, 0.5) is 0 Å². The van der Waals surface area contributed by atoms with E-state index in [1.54, 1.807) is 24.2 Å². The average molecular weight is 325 g/mol. The van der Waals surface area contributed by atoms with E-state index in [1.165, 1.54) is 0 Å². The molecule has 1 saturated heterocycles. The maximum atomic E-state index is 12.6. The van der Waals surface area contributed by atoms with Gasteiger partial charge in [-0.2, -0.15) is 0 Å². The molecule has 1 atom stereocenters. The van der Waals surface area contributed by atoms with Gasteiger partial charge in [-0.25, -0.2) is 4.98 Å². The van der Waals surface area contributed by atoms with E-state index in [0.29, 0.717) is 18.2 Å². The van der Waals surface area contributed by atoms with Crippen LogP contribution in [0, 0.1) is 5.92 Å². The lowest BCUT2D eigenvalue weighted by molar-refractivity contribution is -0.137. The number of halogens is 1. The van der Waals surface area contributed by atoms with Gasteiger partial charge in [-0.1, -0.05) is 17.7 Å². The molecule has 120 valence electrons. The summed E-state index contributed by atoms with van der Waals surface area (Å²) >= 11 is 6.03. The first-order chi connectivity index (χ1) is 10.5. The standard InChI is InChI=1S/C15H21ClN4O2/c1-19(8-11-4-2-6-18-14(11)16)15(22)12-5-3-7-20(9-12)10-13(17)21/h2,4,6,12H,3,5,7-10H2,1H3,(H2,17,21). The minimum atomic E-state index is -0.358. The molecule has 0 aromatic carbocycles. The zero-order valence-corrected chi connectivity index (χ0v) is 13.4. The molecule has 0 aliphatic carbocycles. The van der Waals surface area contributed by atoms with Crippen molar-refractivity contribution in [2.24, 2.45) is 11.7 Å². The number of carbonyl (C=O) groups excluding carboxylic acids is 2. The van der Waals surface area contributed by atoms with Crippen molar-refractivity contribution in [2.45, 2.75) is 19.4 Å². The molecule has 0 radical (unpaired) electrons. The van der Waals surface area contributed by atoms with Crippen LogP contribution in [0.1, 0.15) is 18.4 Å². The molecule has 1 fully saturated rings. The van der Waals surface area contributed by atoms with Crippen LogP contribution in [-0.2, 0) is 16.1 Å². The lowest BCUT2D eigenvalue weighted by Gasteiger charge is -2.33. The molecular weight excluding hydrogens is 304 g/mol. The van der Waals surface area contributed by atoms with Crippen LogP contribution in [-0.4, -0.2) is 53.3 Å². The summed E-state index contributed by atoms with van der Waals surface area (Å²) in [6.07, 6.45) is 3.35. The number of pyridine rings is 1. The topological polar surface area (TPSA) is 79.5 Å². The SMILES string of the molecule is CN(Cc1cccnc1Cl)C(=O)C1CCCN(CC(N)=O)C1. The molecule has 0 bridgehead atoms. The molecule has 1 aromatic heterocycles. The molecular formula is C15H21ClN4O2. The van der Waals surface area contributed by atoms with Gasteiger partial charge < -0.3 is 10.6 Å². The first kappa shape index (κ1) is 16.7. The number of aromatic nitrogens is 1. The Labute approximate surface area is 135 Å². The second-order valence-electron chi connectivity index (χ2n) is 5.69. The highest BCUT2D eigenvalue weighted by molar-refractivity contribution is 6.30. The van der Waals surface area contributed by atoms with Gasteiger partial charge in [0.2, 0.25) is 11.8 Å². The Morgan fingerprint density at radius 1 is 1.55 bits per heavy atom. The monoisotopic (exact) mass is 324 g/mol. The van der Waals surface area contributed by atoms with Gasteiger partial charge in [0, 0.05) is 31.9 Å². The zero-order valence-electron chi connectivity index (χ0n) is 12.7. The first-order valence-corrected chi connectivity index (χ1v) is 7.70. The normalized spacial score (nSPS) is 18.9. The van der Waals surface area contributed by atoms with Gasteiger partial charge in [0.1, 0.15) is 5.15 Å². The van der Waals surface area contributed by atoms with Gasteiger partial charge in [0.25, 0.3) is 0 Å². The molecule has 2 N–H and O–H groups in total. The molecule has 1 aromatic rings. The van der Waals surface area contributed by atoms with Crippen molar-refractivity contribution < 1.29 is 9.59 Å². The number of nitrogens with zero attached hydrogens (tertiary/aromatic N) is 3. The lowest BCUT2D eigenvalue weighted by Crippen LogP contribution is -2.46. The van der Waals surface area contributed by atoms with Gasteiger partial charge in [-0.3, -0.25) is 14.5 Å². The second kappa shape index (κ2) is 7.56. The zero-order chi connectivity index (χ0) is 16.1. The van der Waals surface area contributed by atoms with Gasteiger partial charge in [-0.05, 0) is 25.5 Å². The summed E-state index contributed by atoms with van der Waals surface area (Å²) in [6.45, 7) is 2.03. The van der Waals surface area contributed by atoms with Gasteiger partial charge in [0.15, 0.2) is 0 Å². The number of primary amides is 1. The third-order valence-corrected chi connectivity index (χ3v) is 4.19. The Morgan fingerprint density at radius 2 is 2.32 bits per heavy atom. The van der Waals surface area contributed by atoms with Crippen molar-refractivity contribution in [3.63, 3.8) is 0 Å². The number of rotatable bonds is 5. The molecule has 1 aliphatic heterocycles. The van der Waals surface area contributed by atoms with Gasteiger partial charge in [0.05, 0.1) is 12.5 Å². The predicted octanol–water partition coefficient (Wildman–Crippen LogP) is 0.891. The minimum absolute atomic E-state index is 0.0640. The van der Waals surface area contributed by atoms with Crippen LogP contribution in [0.15, 0.2) is 18.3 Å². The van der Waals surface area contributed by atoms with E-state index >= 15 is 0 Å². The Balaban J connectivity index is 1.95.